The van der Waals surface area contributed by atoms with Gasteiger partial charge in [0.1, 0.15) is 12.4 Å². The van der Waals surface area contributed by atoms with Gasteiger partial charge in [-0.1, -0.05) is 12.1 Å². The molecule has 0 saturated carbocycles. The number of nitro benzene ring substituents is 1. The number of benzene rings is 2. The normalized spacial score (nSPS) is 14.5. The van der Waals surface area contributed by atoms with E-state index in [0.717, 1.165) is 11.6 Å². The zero-order valence-electron chi connectivity index (χ0n) is 18.1. The van der Waals surface area contributed by atoms with Crippen molar-refractivity contribution >= 4 is 21.6 Å². The predicted octanol–water partition coefficient (Wildman–Crippen LogP) is 2.72. The van der Waals surface area contributed by atoms with E-state index in [2.05, 4.69) is 4.98 Å². The molecule has 3 aromatic rings. The van der Waals surface area contributed by atoms with E-state index in [1.807, 2.05) is 12.1 Å². The van der Waals surface area contributed by atoms with Crippen LogP contribution in [0.5, 0.6) is 5.75 Å². The highest BCUT2D eigenvalue weighted by Crippen LogP contribution is 2.23. The highest BCUT2D eigenvalue weighted by atomic mass is 32.2. The fourth-order valence-corrected chi connectivity index (χ4v) is 5.03. The largest absolute Gasteiger partial charge is 0.489 e. The van der Waals surface area contributed by atoms with E-state index < -0.39 is 14.9 Å². The molecule has 1 fully saturated rings. The molecule has 0 N–H and O–H groups in total. The van der Waals surface area contributed by atoms with Crippen LogP contribution < -0.4 is 4.74 Å². The number of carbonyl (C=O) groups excluding carboxylic acids is 1. The summed E-state index contributed by atoms with van der Waals surface area (Å²) in [6.07, 6.45) is 3.41. The summed E-state index contributed by atoms with van der Waals surface area (Å²) < 4.78 is 32.7. The van der Waals surface area contributed by atoms with Crippen LogP contribution >= 0.6 is 0 Å². The molecule has 0 bridgehead atoms. The van der Waals surface area contributed by atoms with Crippen molar-refractivity contribution in [3.63, 3.8) is 0 Å². The molecule has 2 heterocycles. The lowest BCUT2D eigenvalue weighted by Crippen LogP contribution is -2.50. The van der Waals surface area contributed by atoms with Gasteiger partial charge in [-0.25, -0.2) is 8.42 Å². The molecule has 1 saturated heterocycles. The molecule has 0 radical (unpaired) electrons. The van der Waals surface area contributed by atoms with Gasteiger partial charge in [0.25, 0.3) is 11.6 Å². The predicted molar refractivity (Wildman–Crippen MR) is 123 cm³/mol. The smallest absolute Gasteiger partial charge is 0.270 e. The minimum atomic E-state index is -3.90. The molecule has 0 aliphatic carbocycles. The molecule has 176 valence electrons. The number of piperazine rings is 1. The first kappa shape index (κ1) is 23.3. The fourth-order valence-electron chi connectivity index (χ4n) is 3.56. The molecule has 0 atom stereocenters. The first-order chi connectivity index (χ1) is 16.3. The Balaban J connectivity index is 1.35. The van der Waals surface area contributed by atoms with Crippen LogP contribution in [0.2, 0.25) is 0 Å². The molecule has 1 amide bonds. The van der Waals surface area contributed by atoms with Gasteiger partial charge >= 0.3 is 0 Å². The zero-order valence-corrected chi connectivity index (χ0v) is 18.9. The first-order valence-corrected chi connectivity index (χ1v) is 11.9. The van der Waals surface area contributed by atoms with Gasteiger partial charge in [0.2, 0.25) is 10.0 Å². The van der Waals surface area contributed by atoms with Crippen molar-refractivity contribution in [3.8, 4) is 5.75 Å². The summed E-state index contributed by atoms with van der Waals surface area (Å²) in [5.74, 6) is 0.416. The van der Waals surface area contributed by atoms with Crippen molar-refractivity contribution in [1.29, 1.82) is 0 Å². The third-order valence-corrected chi connectivity index (χ3v) is 7.32. The standard InChI is InChI=1S/C23H22N4O6S/c28-23(19-6-8-21(9-7-19)33-17-18-3-2-10-24-16-18)25-11-13-26(14-12-25)34(31,32)22-5-1-4-20(15-22)27(29)30/h1-10,15-16H,11-14,17H2. The number of pyridine rings is 1. The summed E-state index contributed by atoms with van der Waals surface area (Å²) in [4.78, 5) is 28.7. The third kappa shape index (κ3) is 5.21. The van der Waals surface area contributed by atoms with Crippen molar-refractivity contribution < 1.29 is 22.9 Å². The number of hydrogen-bond donors (Lipinski definition) is 0. The minimum absolute atomic E-state index is 0.100. The molecule has 34 heavy (non-hydrogen) atoms. The van der Waals surface area contributed by atoms with Crippen LogP contribution in [0.1, 0.15) is 15.9 Å². The number of nitro groups is 1. The molecule has 2 aromatic carbocycles. The van der Waals surface area contributed by atoms with E-state index in [1.165, 1.54) is 22.5 Å². The lowest BCUT2D eigenvalue weighted by atomic mass is 10.2. The summed E-state index contributed by atoms with van der Waals surface area (Å²) >= 11 is 0. The highest BCUT2D eigenvalue weighted by molar-refractivity contribution is 7.89. The van der Waals surface area contributed by atoms with E-state index in [4.69, 9.17) is 4.74 Å². The van der Waals surface area contributed by atoms with Gasteiger partial charge in [0.15, 0.2) is 0 Å². The van der Waals surface area contributed by atoms with Crippen molar-refractivity contribution in [2.75, 3.05) is 26.2 Å². The molecule has 1 aromatic heterocycles. The summed E-state index contributed by atoms with van der Waals surface area (Å²) in [5, 5.41) is 11.0. The first-order valence-electron chi connectivity index (χ1n) is 10.5. The summed E-state index contributed by atoms with van der Waals surface area (Å²) in [6, 6.07) is 15.5. The van der Waals surface area contributed by atoms with Crippen molar-refractivity contribution in [2.24, 2.45) is 0 Å². The summed E-state index contributed by atoms with van der Waals surface area (Å²) in [6.45, 7) is 0.993. The molecular weight excluding hydrogens is 460 g/mol. The van der Waals surface area contributed by atoms with E-state index in [9.17, 15) is 23.3 Å². The van der Waals surface area contributed by atoms with Gasteiger partial charge in [-0.3, -0.25) is 19.9 Å². The van der Waals surface area contributed by atoms with Crippen LogP contribution in [0.25, 0.3) is 0 Å². The number of rotatable bonds is 7. The zero-order chi connectivity index (χ0) is 24.1. The van der Waals surface area contributed by atoms with Gasteiger partial charge in [-0.2, -0.15) is 4.31 Å². The second kappa shape index (κ2) is 9.98. The van der Waals surface area contributed by atoms with E-state index in [-0.39, 0.29) is 42.7 Å². The van der Waals surface area contributed by atoms with Crippen LogP contribution in [0.3, 0.4) is 0 Å². The van der Waals surface area contributed by atoms with Gasteiger partial charge < -0.3 is 9.64 Å². The average Bonchev–Trinajstić information content (AvgIpc) is 2.88. The van der Waals surface area contributed by atoms with Crippen LogP contribution in [0, 0.1) is 10.1 Å². The lowest BCUT2D eigenvalue weighted by Gasteiger charge is -2.34. The maximum atomic E-state index is 12.9. The quantitative estimate of drug-likeness (QED) is 0.375. The number of aromatic nitrogens is 1. The van der Waals surface area contributed by atoms with Crippen molar-refractivity contribution in [2.45, 2.75) is 11.5 Å². The Morgan fingerprint density at radius 1 is 1.03 bits per heavy atom. The number of nitrogens with zero attached hydrogens (tertiary/aromatic N) is 4. The Bertz CT molecular complexity index is 1270. The molecule has 0 unspecified atom stereocenters. The van der Waals surface area contributed by atoms with Crippen LogP contribution in [0.4, 0.5) is 5.69 Å². The molecule has 10 nitrogen and oxygen atoms in total. The Kier molecular flexibility index (Phi) is 6.85. The number of hydrogen-bond acceptors (Lipinski definition) is 7. The third-order valence-electron chi connectivity index (χ3n) is 5.42. The second-order valence-corrected chi connectivity index (χ2v) is 9.56. The number of non-ortho nitro benzene ring substituents is 1. The van der Waals surface area contributed by atoms with Crippen molar-refractivity contribution in [3.05, 3.63) is 94.3 Å². The number of sulfonamides is 1. The minimum Gasteiger partial charge on any atom is -0.489 e. The SMILES string of the molecule is O=C(c1ccc(OCc2cccnc2)cc1)N1CCN(S(=O)(=O)c2cccc([N+](=O)[O-])c2)CC1. The van der Waals surface area contributed by atoms with Crippen LogP contribution in [-0.2, 0) is 16.6 Å². The summed E-state index contributed by atoms with van der Waals surface area (Å²) in [5.41, 5.74) is 1.12. The molecule has 1 aliphatic heterocycles. The van der Waals surface area contributed by atoms with Gasteiger partial charge in [-0.15, -0.1) is 0 Å². The Labute approximate surface area is 196 Å². The Hall–Kier alpha value is -3.83. The van der Waals surface area contributed by atoms with Gasteiger partial charge in [-0.05, 0) is 36.4 Å². The van der Waals surface area contributed by atoms with Gasteiger partial charge in [0, 0.05) is 61.8 Å². The van der Waals surface area contributed by atoms with Crippen LogP contribution in [0.15, 0.2) is 78.0 Å². The summed E-state index contributed by atoms with van der Waals surface area (Å²) in [7, 11) is -3.90. The molecule has 4 rings (SSSR count). The number of carbonyl (C=O) groups is 1. The highest BCUT2D eigenvalue weighted by Gasteiger charge is 2.31. The second-order valence-electron chi connectivity index (χ2n) is 7.63. The van der Waals surface area contributed by atoms with E-state index in [0.29, 0.717) is 17.9 Å². The average molecular weight is 483 g/mol. The Morgan fingerprint density at radius 2 is 1.76 bits per heavy atom. The lowest BCUT2D eigenvalue weighted by molar-refractivity contribution is -0.385. The Morgan fingerprint density at radius 3 is 2.41 bits per heavy atom. The maximum absolute atomic E-state index is 12.9. The molecule has 11 heteroatoms. The van der Waals surface area contributed by atoms with Crippen LogP contribution in [-0.4, -0.2) is 59.6 Å². The monoisotopic (exact) mass is 482 g/mol. The van der Waals surface area contributed by atoms with E-state index in [1.54, 1.807) is 41.6 Å². The molecule has 0 spiro atoms. The van der Waals surface area contributed by atoms with Crippen molar-refractivity contribution in [1.82, 2.24) is 14.2 Å². The topological polar surface area (TPSA) is 123 Å². The molecular formula is C23H22N4O6S. The number of amides is 1. The van der Waals surface area contributed by atoms with Gasteiger partial charge in [0.05, 0.1) is 9.82 Å². The maximum Gasteiger partial charge on any atom is 0.270 e. The van der Waals surface area contributed by atoms with E-state index >= 15 is 0 Å². The number of ether oxygens (including phenoxy) is 1. The molecule has 1 aliphatic rings. The fraction of sp³-hybridized carbons (Fsp3) is 0.217.